The van der Waals surface area contributed by atoms with Gasteiger partial charge in [-0.15, -0.1) is 0 Å². The molecule has 8 heteroatoms. The molecule has 27 heavy (non-hydrogen) atoms. The molecule has 138 valence electrons. The Morgan fingerprint density at radius 1 is 1.07 bits per heavy atom. The minimum atomic E-state index is -0.415. The quantitative estimate of drug-likeness (QED) is 0.560. The first-order valence-electron chi connectivity index (χ1n) is 7.77. The Morgan fingerprint density at radius 2 is 1.89 bits per heavy atom. The lowest BCUT2D eigenvalue weighted by atomic mass is 10.2. The standard InChI is InChI=1S/C19H14BrClN2O4/c1-26-16-7-4-11(9-13(16)20)18(24)22-12-5-6-15(14(21)10-12)23-19(25)17-3-2-8-27-17/h2-10H,1H3,(H,22,24)(H,23,25). The number of hydrogen-bond donors (Lipinski definition) is 2. The van der Waals surface area contributed by atoms with Crippen molar-refractivity contribution in [2.75, 3.05) is 17.7 Å². The summed E-state index contributed by atoms with van der Waals surface area (Å²) in [5.41, 5.74) is 1.35. The van der Waals surface area contributed by atoms with Gasteiger partial charge in [0.15, 0.2) is 5.76 Å². The first kappa shape index (κ1) is 19.0. The molecule has 6 nitrogen and oxygen atoms in total. The summed E-state index contributed by atoms with van der Waals surface area (Å²) < 4.78 is 10.9. The van der Waals surface area contributed by atoms with Crippen molar-refractivity contribution in [2.45, 2.75) is 0 Å². The van der Waals surface area contributed by atoms with E-state index < -0.39 is 5.91 Å². The monoisotopic (exact) mass is 448 g/mol. The number of benzene rings is 2. The van der Waals surface area contributed by atoms with E-state index in [0.717, 1.165) is 0 Å². The molecule has 1 aromatic heterocycles. The Balaban J connectivity index is 1.71. The lowest BCUT2D eigenvalue weighted by molar-refractivity contribution is 0.0994. The zero-order valence-electron chi connectivity index (χ0n) is 14.1. The fourth-order valence-corrected chi connectivity index (χ4v) is 3.07. The Morgan fingerprint density at radius 3 is 2.52 bits per heavy atom. The number of ether oxygens (including phenoxy) is 1. The molecule has 0 atom stereocenters. The summed E-state index contributed by atoms with van der Waals surface area (Å²) in [6.45, 7) is 0. The van der Waals surface area contributed by atoms with E-state index >= 15 is 0 Å². The van der Waals surface area contributed by atoms with Crippen LogP contribution in [-0.4, -0.2) is 18.9 Å². The Kier molecular flexibility index (Phi) is 5.83. The number of furan rings is 1. The van der Waals surface area contributed by atoms with E-state index in [1.165, 1.54) is 6.26 Å². The van der Waals surface area contributed by atoms with Gasteiger partial charge in [0.05, 0.1) is 28.6 Å². The molecule has 0 aliphatic carbocycles. The molecule has 0 saturated carbocycles. The highest BCUT2D eigenvalue weighted by atomic mass is 79.9. The summed E-state index contributed by atoms with van der Waals surface area (Å²) in [7, 11) is 1.55. The second-order valence-electron chi connectivity index (χ2n) is 5.43. The van der Waals surface area contributed by atoms with Crippen LogP contribution in [0.5, 0.6) is 5.75 Å². The normalized spacial score (nSPS) is 10.3. The van der Waals surface area contributed by atoms with Crippen molar-refractivity contribution in [1.29, 1.82) is 0 Å². The second-order valence-corrected chi connectivity index (χ2v) is 6.69. The Labute approximate surface area is 168 Å². The molecule has 1 heterocycles. The van der Waals surface area contributed by atoms with Crippen molar-refractivity contribution in [3.05, 3.63) is 75.6 Å². The van der Waals surface area contributed by atoms with E-state index in [1.54, 1.807) is 55.6 Å². The number of methoxy groups -OCH3 is 1. The molecule has 0 radical (unpaired) electrons. The molecule has 3 aromatic rings. The topological polar surface area (TPSA) is 80.6 Å². The maximum absolute atomic E-state index is 12.4. The van der Waals surface area contributed by atoms with Crippen molar-refractivity contribution < 1.29 is 18.7 Å². The van der Waals surface area contributed by atoms with Crippen LogP contribution in [0.25, 0.3) is 0 Å². The molecule has 0 bridgehead atoms. The van der Waals surface area contributed by atoms with Crippen molar-refractivity contribution in [1.82, 2.24) is 0 Å². The Hall–Kier alpha value is -2.77. The average molecular weight is 450 g/mol. The van der Waals surface area contributed by atoms with Gasteiger partial charge < -0.3 is 19.8 Å². The van der Waals surface area contributed by atoms with Crippen LogP contribution < -0.4 is 15.4 Å². The summed E-state index contributed by atoms with van der Waals surface area (Å²) in [6.07, 6.45) is 1.41. The summed E-state index contributed by atoms with van der Waals surface area (Å²) in [6, 6.07) is 13.0. The molecule has 3 rings (SSSR count). The smallest absolute Gasteiger partial charge is 0.291 e. The van der Waals surface area contributed by atoms with Crippen LogP contribution in [0.15, 0.2) is 63.7 Å². The number of carbonyl (C=O) groups is 2. The molecule has 0 saturated heterocycles. The van der Waals surface area contributed by atoms with Crippen LogP contribution >= 0.6 is 27.5 Å². The first-order chi connectivity index (χ1) is 13.0. The Bertz CT molecular complexity index is 989. The lowest BCUT2D eigenvalue weighted by Crippen LogP contribution is -2.13. The highest BCUT2D eigenvalue weighted by Crippen LogP contribution is 2.28. The number of rotatable bonds is 5. The van der Waals surface area contributed by atoms with Crippen molar-refractivity contribution in [3.8, 4) is 5.75 Å². The maximum Gasteiger partial charge on any atom is 0.291 e. The molecule has 0 fully saturated rings. The van der Waals surface area contributed by atoms with E-state index in [9.17, 15) is 9.59 Å². The van der Waals surface area contributed by atoms with Gasteiger partial charge in [-0.05, 0) is 64.5 Å². The molecule has 0 aliphatic heterocycles. The van der Waals surface area contributed by atoms with E-state index in [-0.39, 0.29) is 16.7 Å². The average Bonchev–Trinajstić information content (AvgIpc) is 3.18. The van der Waals surface area contributed by atoms with Gasteiger partial charge in [0.1, 0.15) is 5.75 Å². The van der Waals surface area contributed by atoms with E-state index in [0.29, 0.717) is 27.2 Å². The van der Waals surface area contributed by atoms with E-state index in [4.69, 9.17) is 20.8 Å². The SMILES string of the molecule is COc1ccc(C(=O)Nc2ccc(NC(=O)c3ccco3)c(Cl)c2)cc1Br. The van der Waals surface area contributed by atoms with Crippen LogP contribution in [0, 0.1) is 0 Å². The van der Waals surface area contributed by atoms with Gasteiger partial charge >= 0.3 is 0 Å². The number of hydrogen-bond acceptors (Lipinski definition) is 4. The summed E-state index contributed by atoms with van der Waals surface area (Å²) >= 11 is 9.56. The number of nitrogens with one attached hydrogen (secondary N) is 2. The third-order valence-electron chi connectivity index (χ3n) is 3.63. The molecule has 0 aliphatic rings. The van der Waals surface area contributed by atoms with Crippen molar-refractivity contribution in [2.24, 2.45) is 0 Å². The van der Waals surface area contributed by atoms with Crippen LogP contribution in [0.2, 0.25) is 5.02 Å². The van der Waals surface area contributed by atoms with Gasteiger partial charge in [0.25, 0.3) is 11.8 Å². The van der Waals surface area contributed by atoms with Crippen molar-refractivity contribution in [3.63, 3.8) is 0 Å². The molecule has 2 aromatic carbocycles. The van der Waals surface area contributed by atoms with Gasteiger partial charge in [0, 0.05) is 11.3 Å². The zero-order chi connectivity index (χ0) is 19.4. The minimum absolute atomic E-state index is 0.175. The number of amides is 2. The number of halogens is 2. The predicted molar refractivity (Wildman–Crippen MR) is 107 cm³/mol. The number of carbonyl (C=O) groups excluding carboxylic acids is 2. The predicted octanol–water partition coefficient (Wildman–Crippen LogP) is 5.21. The van der Waals surface area contributed by atoms with Gasteiger partial charge in [-0.2, -0.15) is 0 Å². The van der Waals surface area contributed by atoms with E-state index in [2.05, 4.69) is 26.6 Å². The van der Waals surface area contributed by atoms with Crippen LogP contribution in [-0.2, 0) is 0 Å². The summed E-state index contributed by atoms with van der Waals surface area (Å²) in [5.74, 6) is 0.0864. The third-order valence-corrected chi connectivity index (χ3v) is 4.57. The minimum Gasteiger partial charge on any atom is -0.496 e. The molecule has 0 unspecified atom stereocenters. The largest absolute Gasteiger partial charge is 0.496 e. The summed E-state index contributed by atoms with van der Waals surface area (Å²) in [5, 5.41) is 5.68. The number of anilines is 2. The van der Waals surface area contributed by atoms with Gasteiger partial charge in [0.2, 0.25) is 0 Å². The lowest BCUT2D eigenvalue weighted by Gasteiger charge is -2.10. The van der Waals surface area contributed by atoms with Gasteiger partial charge in [-0.25, -0.2) is 0 Å². The third kappa shape index (κ3) is 4.50. The highest BCUT2D eigenvalue weighted by Gasteiger charge is 2.13. The van der Waals surface area contributed by atoms with Crippen LogP contribution in [0.3, 0.4) is 0 Å². The van der Waals surface area contributed by atoms with Crippen LogP contribution in [0.4, 0.5) is 11.4 Å². The van der Waals surface area contributed by atoms with Gasteiger partial charge in [-0.1, -0.05) is 11.6 Å². The fraction of sp³-hybridized carbons (Fsp3) is 0.0526. The maximum atomic E-state index is 12.4. The zero-order valence-corrected chi connectivity index (χ0v) is 16.4. The van der Waals surface area contributed by atoms with Gasteiger partial charge in [-0.3, -0.25) is 9.59 Å². The molecule has 2 amide bonds. The van der Waals surface area contributed by atoms with E-state index in [1.807, 2.05) is 0 Å². The highest BCUT2D eigenvalue weighted by molar-refractivity contribution is 9.10. The molecule has 0 spiro atoms. The van der Waals surface area contributed by atoms with Crippen molar-refractivity contribution >= 4 is 50.7 Å². The molecule has 2 N–H and O–H groups in total. The van der Waals surface area contributed by atoms with Crippen LogP contribution in [0.1, 0.15) is 20.9 Å². The fourth-order valence-electron chi connectivity index (χ4n) is 2.30. The summed E-state index contributed by atoms with van der Waals surface area (Å²) in [4.78, 5) is 24.4. The molecular formula is C19H14BrClN2O4. The molecular weight excluding hydrogens is 436 g/mol. The first-order valence-corrected chi connectivity index (χ1v) is 8.94. The second kappa shape index (κ2) is 8.28.